The summed E-state index contributed by atoms with van der Waals surface area (Å²) < 4.78 is 0. The van der Waals surface area contributed by atoms with Crippen LogP contribution in [0.25, 0.3) is 0 Å². The van der Waals surface area contributed by atoms with Crippen LogP contribution >= 0.6 is 0 Å². The van der Waals surface area contributed by atoms with E-state index in [1.165, 1.54) is 0 Å². The lowest BCUT2D eigenvalue weighted by Gasteiger charge is -2.29. The first-order valence-corrected chi connectivity index (χ1v) is 7.29. The maximum atomic E-state index is 12.4. The number of aliphatic hydroxyl groups excluding tert-OH is 1. The van der Waals surface area contributed by atoms with E-state index in [-0.39, 0.29) is 24.6 Å². The highest BCUT2D eigenvalue weighted by Crippen LogP contribution is 2.20. The summed E-state index contributed by atoms with van der Waals surface area (Å²) in [7, 11) is 1.85. The predicted molar refractivity (Wildman–Crippen MR) is 79.3 cm³/mol. The zero-order valence-corrected chi connectivity index (χ0v) is 12.3. The molecule has 1 heterocycles. The first-order valence-electron chi connectivity index (χ1n) is 7.29. The van der Waals surface area contributed by atoms with Gasteiger partial charge in [0.25, 0.3) is 0 Å². The fourth-order valence-electron chi connectivity index (χ4n) is 2.77. The number of carbonyl (C=O) groups excluding carboxylic acids is 1. The Morgan fingerprint density at radius 3 is 2.80 bits per heavy atom. The lowest BCUT2D eigenvalue weighted by molar-refractivity contribution is -0.133. The van der Waals surface area contributed by atoms with E-state index in [1.807, 2.05) is 44.3 Å². The monoisotopic (exact) mass is 276 g/mol. The van der Waals surface area contributed by atoms with Gasteiger partial charge in [0.2, 0.25) is 5.91 Å². The number of amides is 1. The Morgan fingerprint density at radius 1 is 1.45 bits per heavy atom. The van der Waals surface area contributed by atoms with Crippen LogP contribution in [0, 0.1) is 0 Å². The number of hydrogen-bond donors (Lipinski definition) is 1. The number of nitrogens with zero attached hydrogens (tertiary/aromatic N) is 2. The number of rotatable bonds is 5. The molecule has 1 aromatic carbocycles. The molecule has 0 spiro atoms. The van der Waals surface area contributed by atoms with E-state index in [0.717, 1.165) is 24.9 Å². The third kappa shape index (κ3) is 3.38. The van der Waals surface area contributed by atoms with Gasteiger partial charge in [0, 0.05) is 13.1 Å². The number of aliphatic hydroxyl groups is 1. The average Bonchev–Trinajstić information content (AvgIpc) is 2.93. The number of carbonyl (C=O) groups is 1. The van der Waals surface area contributed by atoms with Crippen LogP contribution in [-0.4, -0.2) is 53.6 Å². The van der Waals surface area contributed by atoms with Gasteiger partial charge in [-0.1, -0.05) is 30.3 Å². The molecular weight excluding hydrogens is 252 g/mol. The summed E-state index contributed by atoms with van der Waals surface area (Å²) in [5.41, 5.74) is 1.14. The highest BCUT2D eigenvalue weighted by Gasteiger charge is 2.27. The Bertz CT molecular complexity index is 435. The van der Waals surface area contributed by atoms with E-state index in [0.29, 0.717) is 6.54 Å². The van der Waals surface area contributed by atoms with Gasteiger partial charge in [-0.3, -0.25) is 9.69 Å². The highest BCUT2D eigenvalue weighted by molar-refractivity contribution is 5.78. The quantitative estimate of drug-likeness (QED) is 0.889. The second-order valence-electron chi connectivity index (χ2n) is 5.54. The van der Waals surface area contributed by atoms with Crippen LogP contribution in [-0.2, 0) is 4.79 Å². The van der Waals surface area contributed by atoms with Gasteiger partial charge >= 0.3 is 0 Å². The maximum absolute atomic E-state index is 12.4. The van der Waals surface area contributed by atoms with Crippen molar-refractivity contribution in [2.75, 3.05) is 26.7 Å². The normalized spacial score (nSPS) is 20.9. The molecule has 1 fully saturated rings. The van der Waals surface area contributed by atoms with Gasteiger partial charge < -0.3 is 10.0 Å². The van der Waals surface area contributed by atoms with Crippen LogP contribution in [0.15, 0.2) is 30.3 Å². The molecule has 2 atom stereocenters. The van der Waals surface area contributed by atoms with Crippen LogP contribution in [0.5, 0.6) is 0 Å². The summed E-state index contributed by atoms with van der Waals surface area (Å²) in [6.07, 6.45) is 2.05. The molecule has 0 saturated carbocycles. The van der Waals surface area contributed by atoms with Gasteiger partial charge in [-0.05, 0) is 31.9 Å². The summed E-state index contributed by atoms with van der Waals surface area (Å²) in [5, 5.41) is 9.31. The van der Waals surface area contributed by atoms with E-state index in [9.17, 15) is 9.90 Å². The Morgan fingerprint density at radius 2 is 2.15 bits per heavy atom. The molecule has 4 nitrogen and oxygen atoms in total. The van der Waals surface area contributed by atoms with E-state index in [1.54, 1.807) is 4.90 Å². The lowest BCUT2D eigenvalue weighted by atomic mass is 10.1. The van der Waals surface area contributed by atoms with Gasteiger partial charge in [0.1, 0.15) is 0 Å². The smallest absolute Gasteiger partial charge is 0.237 e. The standard InChI is InChI=1S/C16H24N2O2/c1-13(14-7-4-3-5-8-14)17(2)16(20)11-18-10-6-9-15(18)12-19/h3-5,7-8,13,15,19H,6,9-12H2,1-2H3. The fourth-order valence-corrected chi connectivity index (χ4v) is 2.77. The number of likely N-dealkylation sites (tertiary alicyclic amines) is 1. The zero-order valence-electron chi connectivity index (χ0n) is 12.3. The highest BCUT2D eigenvalue weighted by atomic mass is 16.3. The molecule has 1 aliphatic heterocycles. The first kappa shape index (κ1) is 15.0. The first-order chi connectivity index (χ1) is 9.63. The molecule has 1 saturated heterocycles. The van der Waals surface area contributed by atoms with Crippen molar-refractivity contribution in [1.29, 1.82) is 0 Å². The molecule has 0 radical (unpaired) electrons. The number of benzene rings is 1. The largest absolute Gasteiger partial charge is 0.395 e. The Kier molecular flexibility index (Phi) is 5.15. The van der Waals surface area contributed by atoms with Crippen molar-refractivity contribution in [2.24, 2.45) is 0 Å². The molecule has 1 aromatic rings. The molecular formula is C16H24N2O2. The van der Waals surface area contributed by atoms with E-state index in [4.69, 9.17) is 0 Å². The predicted octanol–water partition coefficient (Wildman–Crippen LogP) is 1.66. The van der Waals surface area contributed by atoms with Crippen molar-refractivity contribution in [1.82, 2.24) is 9.80 Å². The van der Waals surface area contributed by atoms with Gasteiger partial charge in [-0.2, -0.15) is 0 Å². The van der Waals surface area contributed by atoms with Crippen LogP contribution in [0.4, 0.5) is 0 Å². The van der Waals surface area contributed by atoms with Gasteiger partial charge in [0.15, 0.2) is 0 Å². The molecule has 0 aromatic heterocycles. The minimum atomic E-state index is 0.0684. The lowest BCUT2D eigenvalue weighted by Crippen LogP contribution is -2.42. The van der Waals surface area contributed by atoms with E-state index < -0.39 is 0 Å². The molecule has 2 rings (SSSR count). The van der Waals surface area contributed by atoms with Gasteiger partial charge in [0.05, 0.1) is 19.2 Å². The molecule has 0 bridgehead atoms. The second-order valence-corrected chi connectivity index (χ2v) is 5.54. The van der Waals surface area contributed by atoms with Crippen molar-refractivity contribution in [3.05, 3.63) is 35.9 Å². The molecule has 1 amide bonds. The Hall–Kier alpha value is -1.39. The molecule has 0 aliphatic carbocycles. The van der Waals surface area contributed by atoms with Crippen LogP contribution in [0.2, 0.25) is 0 Å². The second kappa shape index (κ2) is 6.86. The average molecular weight is 276 g/mol. The van der Waals surface area contributed by atoms with Crippen molar-refractivity contribution >= 4 is 5.91 Å². The SMILES string of the molecule is CC(c1ccccc1)N(C)C(=O)CN1CCCC1CO. The van der Waals surface area contributed by atoms with Crippen molar-refractivity contribution in [3.63, 3.8) is 0 Å². The third-order valence-corrected chi connectivity index (χ3v) is 4.30. The van der Waals surface area contributed by atoms with Gasteiger partial charge in [-0.25, -0.2) is 0 Å². The Labute approximate surface area is 121 Å². The van der Waals surface area contributed by atoms with Gasteiger partial charge in [-0.15, -0.1) is 0 Å². The fraction of sp³-hybridized carbons (Fsp3) is 0.562. The maximum Gasteiger partial charge on any atom is 0.237 e. The Balaban J connectivity index is 1.95. The summed E-state index contributed by atoms with van der Waals surface area (Å²) >= 11 is 0. The summed E-state index contributed by atoms with van der Waals surface area (Å²) in [6.45, 7) is 3.50. The zero-order chi connectivity index (χ0) is 14.5. The topological polar surface area (TPSA) is 43.8 Å². The number of hydrogen-bond acceptors (Lipinski definition) is 3. The molecule has 2 unspecified atom stereocenters. The van der Waals surface area contributed by atoms with Crippen LogP contribution in [0.3, 0.4) is 0 Å². The summed E-state index contributed by atoms with van der Waals surface area (Å²) in [6, 6.07) is 10.3. The summed E-state index contributed by atoms with van der Waals surface area (Å²) in [4.78, 5) is 16.3. The van der Waals surface area contributed by atoms with Crippen molar-refractivity contribution < 1.29 is 9.90 Å². The molecule has 4 heteroatoms. The van der Waals surface area contributed by atoms with E-state index in [2.05, 4.69) is 4.90 Å². The molecule has 110 valence electrons. The van der Waals surface area contributed by atoms with Crippen molar-refractivity contribution in [3.8, 4) is 0 Å². The summed E-state index contributed by atoms with van der Waals surface area (Å²) in [5.74, 6) is 0.113. The molecule has 1 aliphatic rings. The molecule has 20 heavy (non-hydrogen) atoms. The minimum absolute atomic E-state index is 0.0684. The van der Waals surface area contributed by atoms with Crippen LogP contribution in [0.1, 0.15) is 31.4 Å². The third-order valence-electron chi connectivity index (χ3n) is 4.30. The number of likely N-dealkylation sites (N-methyl/N-ethyl adjacent to an activating group) is 1. The van der Waals surface area contributed by atoms with Crippen LogP contribution < -0.4 is 0 Å². The van der Waals surface area contributed by atoms with Crippen molar-refractivity contribution in [2.45, 2.75) is 31.8 Å². The minimum Gasteiger partial charge on any atom is -0.395 e. The molecule has 1 N–H and O–H groups in total. The van der Waals surface area contributed by atoms with E-state index >= 15 is 0 Å².